The molecule has 0 radical (unpaired) electrons. The van der Waals surface area contributed by atoms with Crippen LogP contribution in [0.1, 0.15) is 56.1 Å². The van der Waals surface area contributed by atoms with Crippen LogP contribution < -0.4 is 5.32 Å². The number of anilines is 1. The fraction of sp³-hybridized carbons (Fsp3) is 0.500. The zero-order valence-electron chi connectivity index (χ0n) is 12.5. The molecule has 2 unspecified atom stereocenters. The zero-order chi connectivity index (χ0) is 14.7. The van der Waals surface area contributed by atoms with E-state index in [1.165, 1.54) is 5.56 Å². The lowest BCUT2D eigenvalue weighted by Gasteiger charge is -2.11. The highest BCUT2D eigenvalue weighted by Crippen LogP contribution is 2.33. The summed E-state index contributed by atoms with van der Waals surface area (Å²) in [6, 6.07) is 8.34. The van der Waals surface area contributed by atoms with Crippen LogP contribution >= 0.6 is 0 Å². The van der Waals surface area contributed by atoms with Gasteiger partial charge in [-0.1, -0.05) is 36.7 Å². The lowest BCUT2D eigenvalue weighted by atomic mass is 10.1. The molecule has 112 valence electrons. The van der Waals surface area contributed by atoms with Gasteiger partial charge in [-0.3, -0.25) is 0 Å². The van der Waals surface area contributed by atoms with Gasteiger partial charge in [-0.25, -0.2) is 0 Å². The zero-order valence-corrected chi connectivity index (χ0v) is 12.5. The Bertz CT molecular complexity index is 566. The van der Waals surface area contributed by atoms with Crippen molar-refractivity contribution in [2.24, 2.45) is 0 Å². The molecule has 0 saturated carbocycles. The summed E-state index contributed by atoms with van der Waals surface area (Å²) in [5.74, 6) is 1.30. The highest BCUT2D eigenvalue weighted by molar-refractivity contribution is 5.56. The largest absolute Gasteiger partial charge is 0.373 e. The van der Waals surface area contributed by atoms with Crippen LogP contribution in [0.15, 0.2) is 28.8 Å². The van der Waals surface area contributed by atoms with Crippen LogP contribution in [0, 0.1) is 0 Å². The number of nitrogens with one attached hydrogen (secondary N) is 1. The molecule has 2 heterocycles. The quantitative estimate of drug-likeness (QED) is 0.878. The van der Waals surface area contributed by atoms with Gasteiger partial charge in [0.05, 0.1) is 0 Å². The second-order valence-corrected chi connectivity index (χ2v) is 5.28. The number of ether oxygens (including phenoxy) is 1. The average molecular weight is 287 g/mol. The molecule has 0 amide bonds. The van der Waals surface area contributed by atoms with Crippen molar-refractivity contribution in [3.05, 3.63) is 41.5 Å². The number of para-hydroxylation sites is 1. The van der Waals surface area contributed by atoms with Crippen molar-refractivity contribution in [1.29, 1.82) is 0 Å². The Morgan fingerprint density at radius 3 is 3.00 bits per heavy atom. The number of aromatic nitrogens is 2. The van der Waals surface area contributed by atoms with E-state index in [-0.39, 0.29) is 12.1 Å². The van der Waals surface area contributed by atoms with Gasteiger partial charge in [-0.15, -0.1) is 0 Å². The van der Waals surface area contributed by atoms with Crippen LogP contribution in [-0.4, -0.2) is 16.7 Å². The first-order valence-electron chi connectivity index (χ1n) is 7.61. The second-order valence-electron chi connectivity index (χ2n) is 5.28. The Morgan fingerprint density at radius 2 is 2.24 bits per heavy atom. The van der Waals surface area contributed by atoms with Crippen molar-refractivity contribution in [1.82, 2.24) is 10.1 Å². The summed E-state index contributed by atoms with van der Waals surface area (Å²) >= 11 is 0. The Labute approximate surface area is 124 Å². The molecule has 0 aliphatic carbocycles. The van der Waals surface area contributed by atoms with Gasteiger partial charge < -0.3 is 14.6 Å². The number of fused-ring (bicyclic) bond motifs is 1. The van der Waals surface area contributed by atoms with Crippen LogP contribution in [-0.2, 0) is 11.2 Å². The first kappa shape index (κ1) is 14.1. The van der Waals surface area contributed by atoms with Crippen LogP contribution in [0.3, 0.4) is 0 Å². The van der Waals surface area contributed by atoms with Crippen molar-refractivity contribution in [3.8, 4) is 0 Å². The predicted octanol–water partition coefficient (Wildman–Crippen LogP) is 3.66. The van der Waals surface area contributed by atoms with Crippen LogP contribution in [0.25, 0.3) is 0 Å². The number of hydrogen-bond donors (Lipinski definition) is 1. The van der Waals surface area contributed by atoms with E-state index >= 15 is 0 Å². The van der Waals surface area contributed by atoms with Crippen molar-refractivity contribution in [3.63, 3.8) is 0 Å². The summed E-state index contributed by atoms with van der Waals surface area (Å²) in [4.78, 5) is 4.55. The van der Waals surface area contributed by atoms with Crippen LogP contribution in [0.2, 0.25) is 0 Å². The summed E-state index contributed by atoms with van der Waals surface area (Å²) in [5, 5.41) is 7.54. The first-order chi connectivity index (χ1) is 10.3. The van der Waals surface area contributed by atoms with E-state index in [9.17, 15) is 0 Å². The third kappa shape index (κ3) is 2.93. The summed E-state index contributed by atoms with van der Waals surface area (Å²) in [6.07, 6.45) is 2.75. The Balaban J connectivity index is 1.74. The normalized spacial score (nSPS) is 18.3. The lowest BCUT2D eigenvalue weighted by Crippen LogP contribution is -2.08. The molecule has 21 heavy (non-hydrogen) atoms. The van der Waals surface area contributed by atoms with Gasteiger partial charge in [0, 0.05) is 18.7 Å². The molecule has 0 fully saturated rings. The van der Waals surface area contributed by atoms with E-state index in [0.717, 1.165) is 24.9 Å². The van der Waals surface area contributed by atoms with E-state index in [1.807, 2.05) is 13.0 Å². The Hall–Kier alpha value is -1.88. The third-order valence-corrected chi connectivity index (χ3v) is 3.73. The molecule has 0 bridgehead atoms. The summed E-state index contributed by atoms with van der Waals surface area (Å²) in [6.45, 7) is 4.77. The van der Waals surface area contributed by atoms with Gasteiger partial charge in [0.15, 0.2) is 0 Å². The maximum atomic E-state index is 5.70. The molecular weight excluding hydrogens is 266 g/mol. The van der Waals surface area contributed by atoms with Crippen LogP contribution in [0.4, 0.5) is 5.69 Å². The van der Waals surface area contributed by atoms with Gasteiger partial charge in [-0.2, -0.15) is 4.98 Å². The fourth-order valence-corrected chi connectivity index (χ4v) is 2.72. The van der Waals surface area contributed by atoms with Crippen molar-refractivity contribution in [2.75, 3.05) is 11.9 Å². The minimum absolute atomic E-state index is 0.0625. The fourth-order valence-electron chi connectivity index (χ4n) is 2.72. The molecule has 1 aliphatic heterocycles. The molecule has 1 aromatic carbocycles. The monoisotopic (exact) mass is 287 g/mol. The summed E-state index contributed by atoms with van der Waals surface area (Å²) in [5.41, 5.74) is 2.44. The first-order valence-corrected chi connectivity index (χ1v) is 7.61. The molecule has 3 rings (SSSR count). The molecule has 1 aromatic heterocycles. The van der Waals surface area contributed by atoms with E-state index in [1.54, 1.807) is 0 Å². The third-order valence-electron chi connectivity index (χ3n) is 3.73. The molecule has 2 atom stereocenters. The van der Waals surface area contributed by atoms with Gasteiger partial charge in [0.1, 0.15) is 12.1 Å². The van der Waals surface area contributed by atoms with Gasteiger partial charge in [-0.05, 0) is 25.0 Å². The van der Waals surface area contributed by atoms with Gasteiger partial charge in [0.25, 0.3) is 0 Å². The number of benzene rings is 1. The predicted molar refractivity (Wildman–Crippen MR) is 80.1 cm³/mol. The molecule has 2 aromatic rings. The molecule has 5 nitrogen and oxygen atoms in total. The molecular formula is C16H21N3O2. The molecule has 0 spiro atoms. The van der Waals surface area contributed by atoms with E-state index < -0.39 is 0 Å². The Morgan fingerprint density at radius 1 is 1.38 bits per heavy atom. The number of nitrogens with zero attached hydrogens (tertiary/aromatic N) is 2. The highest BCUT2D eigenvalue weighted by atomic mass is 16.5. The minimum Gasteiger partial charge on any atom is -0.373 e. The molecule has 1 N–H and O–H groups in total. The standard InChI is InChI=1S/C16H21N3O2/c1-3-7-14(20-4-2)15-18-16(21-19-15)13-10-11-8-5-6-9-12(11)17-13/h5-6,8-9,13-14,17H,3-4,7,10H2,1-2H3. The Kier molecular flexibility index (Phi) is 4.20. The SMILES string of the molecule is CCCC(OCC)c1noc(C2Cc3ccccc3N2)n1. The average Bonchev–Trinajstić information content (AvgIpc) is 3.13. The van der Waals surface area contributed by atoms with E-state index in [2.05, 4.69) is 40.6 Å². The topological polar surface area (TPSA) is 60.2 Å². The maximum Gasteiger partial charge on any atom is 0.249 e. The molecule has 1 aliphatic rings. The molecule has 5 heteroatoms. The van der Waals surface area contributed by atoms with Crippen molar-refractivity contribution in [2.45, 2.75) is 45.3 Å². The second kappa shape index (κ2) is 6.26. The minimum atomic E-state index is -0.0683. The smallest absolute Gasteiger partial charge is 0.249 e. The van der Waals surface area contributed by atoms with Gasteiger partial charge >= 0.3 is 0 Å². The van der Waals surface area contributed by atoms with Gasteiger partial charge in [0.2, 0.25) is 11.7 Å². The number of rotatable bonds is 6. The van der Waals surface area contributed by atoms with E-state index in [0.29, 0.717) is 18.3 Å². The maximum absolute atomic E-state index is 5.70. The molecule has 0 saturated heterocycles. The van der Waals surface area contributed by atoms with Crippen molar-refractivity contribution < 1.29 is 9.26 Å². The summed E-state index contributed by atoms with van der Waals surface area (Å²) < 4.78 is 11.2. The number of hydrogen-bond acceptors (Lipinski definition) is 5. The van der Waals surface area contributed by atoms with E-state index in [4.69, 9.17) is 9.26 Å². The lowest BCUT2D eigenvalue weighted by molar-refractivity contribution is 0.0477. The van der Waals surface area contributed by atoms with Crippen molar-refractivity contribution >= 4 is 5.69 Å². The highest BCUT2D eigenvalue weighted by Gasteiger charge is 2.28. The summed E-state index contributed by atoms with van der Waals surface area (Å²) in [7, 11) is 0. The van der Waals surface area contributed by atoms with Crippen LogP contribution in [0.5, 0.6) is 0 Å².